The Hall–Kier alpha value is -1.35. The van der Waals surface area contributed by atoms with E-state index in [0.717, 1.165) is 30.7 Å². The van der Waals surface area contributed by atoms with E-state index in [1.165, 1.54) is 11.3 Å². The number of thiophene rings is 1. The molecule has 19 heavy (non-hydrogen) atoms. The lowest BCUT2D eigenvalue weighted by Crippen LogP contribution is -2.23. The van der Waals surface area contributed by atoms with Crippen LogP contribution in [0.15, 0.2) is 11.4 Å². The molecule has 0 aliphatic heterocycles. The first-order valence-corrected chi connectivity index (χ1v) is 7.11. The summed E-state index contributed by atoms with van der Waals surface area (Å²) >= 11 is 1.41. The second-order valence-corrected chi connectivity index (χ2v) is 4.88. The molecule has 2 N–H and O–H groups in total. The highest BCUT2D eigenvalue weighted by molar-refractivity contribution is 7.10. The second-order valence-electron chi connectivity index (χ2n) is 3.97. The largest absolute Gasteiger partial charge is 0.385 e. The molecule has 1 aromatic rings. The third-order valence-corrected chi connectivity index (χ3v) is 3.31. The van der Waals surface area contributed by atoms with E-state index in [-0.39, 0.29) is 12.5 Å². The molecule has 0 fully saturated rings. The van der Waals surface area contributed by atoms with Gasteiger partial charge < -0.3 is 15.2 Å². The van der Waals surface area contributed by atoms with Crippen LogP contribution in [0.5, 0.6) is 0 Å². The quantitative estimate of drug-likeness (QED) is 0.590. The number of carbonyl (C=O) groups is 1. The molecule has 1 aromatic heterocycles. The molecule has 0 radical (unpaired) electrons. The summed E-state index contributed by atoms with van der Waals surface area (Å²) in [5.74, 6) is 5.28. The number of aliphatic hydroxyl groups excluding tert-OH is 1. The number of methoxy groups -OCH3 is 1. The van der Waals surface area contributed by atoms with E-state index in [9.17, 15) is 4.79 Å². The third kappa shape index (κ3) is 6.39. The molecular weight excluding hydrogens is 262 g/mol. The van der Waals surface area contributed by atoms with Crippen molar-refractivity contribution in [1.82, 2.24) is 5.32 Å². The maximum absolute atomic E-state index is 11.8. The molecule has 1 amide bonds. The molecule has 0 unspecified atom stereocenters. The Morgan fingerprint density at radius 2 is 2.32 bits per heavy atom. The van der Waals surface area contributed by atoms with Crippen LogP contribution >= 0.6 is 11.3 Å². The van der Waals surface area contributed by atoms with Gasteiger partial charge in [0.15, 0.2) is 0 Å². The number of amides is 1. The molecule has 4 nitrogen and oxygen atoms in total. The van der Waals surface area contributed by atoms with Gasteiger partial charge in [0, 0.05) is 25.6 Å². The van der Waals surface area contributed by atoms with Gasteiger partial charge in [0.1, 0.15) is 6.61 Å². The van der Waals surface area contributed by atoms with Crippen molar-refractivity contribution in [2.24, 2.45) is 0 Å². The predicted molar refractivity (Wildman–Crippen MR) is 76.3 cm³/mol. The van der Waals surface area contributed by atoms with Gasteiger partial charge in [0.05, 0.1) is 10.4 Å². The first-order chi connectivity index (χ1) is 9.27. The molecule has 5 heteroatoms. The van der Waals surface area contributed by atoms with Crippen molar-refractivity contribution in [2.75, 3.05) is 26.9 Å². The van der Waals surface area contributed by atoms with Crippen molar-refractivity contribution in [2.45, 2.75) is 19.3 Å². The summed E-state index contributed by atoms with van der Waals surface area (Å²) in [6, 6.07) is 1.74. The predicted octanol–water partition coefficient (Wildman–Crippen LogP) is 1.64. The first kappa shape index (κ1) is 15.7. The number of aliphatic hydroxyl groups is 1. The summed E-state index contributed by atoms with van der Waals surface area (Å²) in [6.07, 6.45) is 3.02. The molecule has 0 saturated carbocycles. The molecule has 104 valence electrons. The zero-order chi connectivity index (χ0) is 13.9. The Bertz CT molecular complexity index is 445. The molecule has 0 bridgehead atoms. The standard InChI is InChI=1S/C14H19NO3S/c1-18-9-4-2-3-7-15-14(17)12-10-13(19-11-12)6-5-8-16/h10-11,16H,2-4,7-9H2,1H3,(H,15,17). The van der Waals surface area contributed by atoms with Crippen molar-refractivity contribution >= 4 is 17.2 Å². The molecule has 0 aromatic carbocycles. The van der Waals surface area contributed by atoms with Gasteiger partial charge in [-0.3, -0.25) is 4.79 Å². The number of carbonyl (C=O) groups excluding carboxylic acids is 1. The van der Waals surface area contributed by atoms with Crippen LogP contribution in [0.1, 0.15) is 34.5 Å². The van der Waals surface area contributed by atoms with Crippen molar-refractivity contribution < 1.29 is 14.6 Å². The Balaban J connectivity index is 2.27. The van der Waals surface area contributed by atoms with E-state index in [1.807, 2.05) is 0 Å². The second kappa shape index (κ2) is 9.56. The van der Waals surface area contributed by atoms with Gasteiger partial charge in [0.2, 0.25) is 0 Å². The summed E-state index contributed by atoms with van der Waals surface area (Å²) in [4.78, 5) is 12.6. The summed E-state index contributed by atoms with van der Waals surface area (Å²) in [7, 11) is 1.69. The van der Waals surface area contributed by atoms with Crippen molar-refractivity contribution in [3.05, 3.63) is 21.9 Å². The summed E-state index contributed by atoms with van der Waals surface area (Å²) in [6.45, 7) is 1.28. The Kier molecular flexibility index (Phi) is 7.91. The van der Waals surface area contributed by atoms with Gasteiger partial charge >= 0.3 is 0 Å². The van der Waals surface area contributed by atoms with Crippen LogP contribution in [0.2, 0.25) is 0 Å². The Labute approximate surface area is 117 Å². The molecule has 1 rings (SSSR count). The molecule has 0 saturated heterocycles. The smallest absolute Gasteiger partial charge is 0.252 e. The highest BCUT2D eigenvalue weighted by Gasteiger charge is 2.06. The number of ether oxygens (including phenoxy) is 1. The zero-order valence-electron chi connectivity index (χ0n) is 11.1. The third-order valence-electron chi connectivity index (χ3n) is 2.46. The van der Waals surface area contributed by atoms with Crippen molar-refractivity contribution in [3.8, 4) is 11.8 Å². The fourth-order valence-corrected chi connectivity index (χ4v) is 2.25. The highest BCUT2D eigenvalue weighted by Crippen LogP contribution is 2.13. The molecule has 0 atom stereocenters. The molecule has 0 aliphatic carbocycles. The van der Waals surface area contributed by atoms with Gasteiger partial charge in [-0.2, -0.15) is 0 Å². The normalized spacial score (nSPS) is 9.79. The monoisotopic (exact) mass is 281 g/mol. The summed E-state index contributed by atoms with van der Waals surface area (Å²) in [5.41, 5.74) is 0.629. The average Bonchev–Trinajstić information content (AvgIpc) is 2.89. The number of rotatable bonds is 7. The lowest BCUT2D eigenvalue weighted by atomic mass is 10.2. The van der Waals surface area contributed by atoms with Gasteiger partial charge in [-0.1, -0.05) is 11.8 Å². The van der Waals surface area contributed by atoms with Gasteiger partial charge in [-0.05, 0) is 25.3 Å². The summed E-state index contributed by atoms with van der Waals surface area (Å²) < 4.78 is 4.96. The minimum Gasteiger partial charge on any atom is -0.385 e. The maximum atomic E-state index is 11.8. The maximum Gasteiger partial charge on any atom is 0.252 e. The number of nitrogens with one attached hydrogen (secondary N) is 1. The van der Waals surface area contributed by atoms with E-state index in [2.05, 4.69) is 17.2 Å². The van der Waals surface area contributed by atoms with E-state index in [4.69, 9.17) is 9.84 Å². The van der Waals surface area contributed by atoms with Crippen LogP contribution in [0.4, 0.5) is 0 Å². The van der Waals surface area contributed by atoms with E-state index >= 15 is 0 Å². The van der Waals surface area contributed by atoms with Crippen LogP contribution in [-0.4, -0.2) is 37.9 Å². The zero-order valence-corrected chi connectivity index (χ0v) is 11.9. The van der Waals surface area contributed by atoms with Gasteiger partial charge in [0.25, 0.3) is 5.91 Å². The number of unbranched alkanes of at least 4 members (excludes halogenated alkanes) is 2. The van der Waals surface area contributed by atoms with Gasteiger partial charge in [-0.15, -0.1) is 11.3 Å². The molecule has 0 aliphatic rings. The fraction of sp³-hybridized carbons (Fsp3) is 0.500. The Morgan fingerprint density at radius 1 is 1.47 bits per heavy atom. The SMILES string of the molecule is COCCCCCNC(=O)c1csc(C#CCO)c1. The Morgan fingerprint density at radius 3 is 3.05 bits per heavy atom. The minimum atomic E-state index is -0.166. The average molecular weight is 281 g/mol. The highest BCUT2D eigenvalue weighted by atomic mass is 32.1. The number of hydrogen-bond acceptors (Lipinski definition) is 4. The van der Waals surface area contributed by atoms with Gasteiger partial charge in [-0.25, -0.2) is 0 Å². The van der Waals surface area contributed by atoms with E-state index < -0.39 is 0 Å². The molecule has 0 spiro atoms. The van der Waals surface area contributed by atoms with Crippen LogP contribution in [0.25, 0.3) is 0 Å². The van der Waals surface area contributed by atoms with E-state index in [1.54, 1.807) is 18.6 Å². The van der Waals surface area contributed by atoms with Crippen molar-refractivity contribution in [1.29, 1.82) is 0 Å². The van der Waals surface area contributed by atoms with Crippen molar-refractivity contribution in [3.63, 3.8) is 0 Å². The number of hydrogen-bond donors (Lipinski definition) is 2. The lowest BCUT2D eigenvalue weighted by molar-refractivity contribution is 0.0953. The lowest BCUT2D eigenvalue weighted by Gasteiger charge is -2.03. The summed E-state index contributed by atoms with van der Waals surface area (Å²) in [5, 5.41) is 13.2. The molecular formula is C14H19NO3S. The van der Waals surface area contributed by atoms with Crippen LogP contribution in [0.3, 0.4) is 0 Å². The topological polar surface area (TPSA) is 58.6 Å². The van der Waals surface area contributed by atoms with Crippen LogP contribution < -0.4 is 5.32 Å². The molecule has 1 heterocycles. The minimum absolute atomic E-state index is 0.0694. The first-order valence-electron chi connectivity index (χ1n) is 6.23. The van der Waals surface area contributed by atoms with Crippen LogP contribution in [-0.2, 0) is 4.74 Å². The fourth-order valence-electron chi connectivity index (χ4n) is 1.50. The van der Waals surface area contributed by atoms with E-state index in [0.29, 0.717) is 12.1 Å². The van der Waals surface area contributed by atoms with Crippen LogP contribution in [0, 0.1) is 11.8 Å².